The Balaban J connectivity index is 1.64. The van der Waals surface area contributed by atoms with Gasteiger partial charge in [0.25, 0.3) is 0 Å². The Bertz CT molecular complexity index is 784. The van der Waals surface area contributed by atoms with Crippen LogP contribution in [0.5, 0.6) is 0 Å². The Morgan fingerprint density at radius 2 is 2.12 bits per heavy atom. The first-order valence-electron chi connectivity index (χ1n) is 7.91. The van der Waals surface area contributed by atoms with Crippen molar-refractivity contribution < 1.29 is 29.6 Å². The maximum atomic E-state index is 10.6. The fourth-order valence-corrected chi connectivity index (χ4v) is 2.69. The predicted octanol–water partition coefficient (Wildman–Crippen LogP) is -2.15. The molecule has 0 aromatic carbocycles. The molecule has 0 amide bonds. The molecule has 5 atom stereocenters. The van der Waals surface area contributed by atoms with Crippen molar-refractivity contribution in [2.45, 2.75) is 37.0 Å². The molecule has 12 nitrogen and oxygen atoms in total. The molecule has 0 radical (unpaired) electrons. The zero-order valence-corrected chi connectivity index (χ0v) is 13.7. The molecule has 0 unspecified atom stereocenters. The van der Waals surface area contributed by atoms with Crippen molar-refractivity contribution in [1.29, 1.82) is 0 Å². The van der Waals surface area contributed by atoms with E-state index in [9.17, 15) is 15.0 Å². The Hall–Kier alpha value is -2.38. The third-order valence-electron chi connectivity index (χ3n) is 4.17. The fraction of sp³-hybridized carbons (Fsp3) is 0.571. The molecule has 2 aromatic heterocycles. The van der Waals surface area contributed by atoms with E-state index < -0.39 is 36.6 Å². The highest BCUT2D eigenvalue weighted by Gasteiger charge is 2.44. The van der Waals surface area contributed by atoms with Crippen molar-refractivity contribution in [2.75, 3.05) is 18.9 Å². The van der Waals surface area contributed by atoms with Gasteiger partial charge in [-0.25, -0.2) is 15.0 Å². The number of nitrogens with zero attached hydrogens (tertiary/aromatic N) is 4. The number of hydrogen-bond acceptors (Lipinski definition) is 10. The van der Waals surface area contributed by atoms with Gasteiger partial charge in [-0.05, 0) is 6.42 Å². The summed E-state index contributed by atoms with van der Waals surface area (Å²) >= 11 is 0. The maximum Gasteiger partial charge on any atom is 0.320 e. The van der Waals surface area contributed by atoms with Gasteiger partial charge in [-0.3, -0.25) is 9.36 Å². The van der Waals surface area contributed by atoms with Crippen LogP contribution in [0.3, 0.4) is 0 Å². The monoisotopic (exact) mass is 368 g/mol. The van der Waals surface area contributed by atoms with E-state index >= 15 is 0 Å². The van der Waals surface area contributed by atoms with Crippen LogP contribution in [-0.2, 0) is 14.3 Å². The van der Waals surface area contributed by atoms with Gasteiger partial charge in [0.05, 0.1) is 12.9 Å². The number of nitrogen functional groups attached to an aromatic ring is 1. The number of carbonyl (C=O) groups is 1. The number of carboxylic acid groups (broad SMARTS) is 1. The summed E-state index contributed by atoms with van der Waals surface area (Å²) in [6, 6.07) is -1.02. The number of fused-ring (bicyclic) bond motifs is 1. The number of ether oxygens (including phenoxy) is 2. The molecular formula is C14H20N6O6. The molecule has 0 aliphatic carbocycles. The Morgan fingerprint density at radius 1 is 1.35 bits per heavy atom. The normalized spacial score (nSPS) is 27.0. The zero-order valence-electron chi connectivity index (χ0n) is 13.7. The molecule has 26 heavy (non-hydrogen) atoms. The molecule has 12 heteroatoms. The Morgan fingerprint density at radius 3 is 2.85 bits per heavy atom. The van der Waals surface area contributed by atoms with Crippen LogP contribution in [0.1, 0.15) is 12.6 Å². The van der Waals surface area contributed by atoms with Crippen molar-refractivity contribution in [2.24, 2.45) is 5.73 Å². The number of aliphatic hydroxyl groups is 2. The van der Waals surface area contributed by atoms with E-state index in [1.165, 1.54) is 17.2 Å². The molecule has 1 saturated heterocycles. The van der Waals surface area contributed by atoms with Gasteiger partial charge in [-0.15, -0.1) is 0 Å². The molecule has 1 aliphatic rings. The summed E-state index contributed by atoms with van der Waals surface area (Å²) in [5.41, 5.74) is 11.8. The first-order chi connectivity index (χ1) is 12.4. The number of aromatic nitrogens is 4. The van der Waals surface area contributed by atoms with Gasteiger partial charge in [-0.2, -0.15) is 0 Å². The summed E-state index contributed by atoms with van der Waals surface area (Å²) in [6.45, 7) is 0.0450. The van der Waals surface area contributed by atoms with Crippen molar-refractivity contribution in [1.82, 2.24) is 19.5 Å². The number of aliphatic hydroxyl groups excluding tert-OH is 2. The summed E-state index contributed by atoms with van der Waals surface area (Å²) in [5.74, 6) is -0.925. The number of anilines is 1. The SMILES string of the molecule is Nc1ncnc2c1ncn2[C@@H]1O[C@H](COCC[C@@H](N)C(=O)O)[C@@H](O)[C@H]1O. The van der Waals surface area contributed by atoms with Crippen LogP contribution >= 0.6 is 0 Å². The van der Waals surface area contributed by atoms with Crippen LogP contribution in [0, 0.1) is 0 Å². The summed E-state index contributed by atoms with van der Waals surface area (Å²) in [6.07, 6.45) is -1.41. The lowest BCUT2D eigenvalue weighted by Crippen LogP contribution is -2.35. The number of carboxylic acids is 1. The lowest BCUT2D eigenvalue weighted by atomic mass is 10.1. The zero-order chi connectivity index (χ0) is 18.8. The van der Waals surface area contributed by atoms with E-state index in [0.29, 0.717) is 11.2 Å². The minimum Gasteiger partial charge on any atom is -0.480 e. The van der Waals surface area contributed by atoms with E-state index in [0.717, 1.165) is 0 Å². The average molecular weight is 368 g/mol. The average Bonchev–Trinajstić information content (AvgIpc) is 3.15. The molecular weight excluding hydrogens is 348 g/mol. The van der Waals surface area contributed by atoms with Gasteiger partial charge < -0.3 is 36.3 Å². The highest BCUT2D eigenvalue weighted by molar-refractivity contribution is 5.81. The first kappa shape index (κ1) is 18.4. The molecule has 7 N–H and O–H groups in total. The number of rotatable bonds is 7. The molecule has 142 valence electrons. The van der Waals surface area contributed by atoms with Crippen molar-refractivity contribution in [3.05, 3.63) is 12.7 Å². The summed E-state index contributed by atoms with van der Waals surface area (Å²) in [4.78, 5) is 22.7. The van der Waals surface area contributed by atoms with Crippen LogP contribution in [0.25, 0.3) is 11.2 Å². The van der Waals surface area contributed by atoms with Crippen LogP contribution in [0.4, 0.5) is 5.82 Å². The number of aliphatic carboxylic acids is 1. The molecule has 1 fully saturated rings. The van der Waals surface area contributed by atoms with E-state index in [1.54, 1.807) is 0 Å². The minimum atomic E-state index is -1.24. The predicted molar refractivity (Wildman–Crippen MR) is 86.7 cm³/mol. The molecule has 3 rings (SSSR count). The van der Waals surface area contributed by atoms with E-state index in [-0.39, 0.29) is 25.5 Å². The molecule has 2 aromatic rings. The van der Waals surface area contributed by atoms with Crippen molar-refractivity contribution in [3.8, 4) is 0 Å². The van der Waals surface area contributed by atoms with Crippen LogP contribution in [-0.4, -0.2) is 78.4 Å². The summed E-state index contributed by atoms with van der Waals surface area (Å²) < 4.78 is 12.5. The maximum absolute atomic E-state index is 10.6. The van der Waals surface area contributed by atoms with Gasteiger partial charge in [0.15, 0.2) is 17.7 Å². The first-order valence-corrected chi connectivity index (χ1v) is 7.91. The lowest BCUT2D eigenvalue weighted by Gasteiger charge is -2.16. The topological polar surface area (TPSA) is 192 Å². The van der Waals surface area contributed by atoms with E-state index in [2.05, 4.69) is 15.0 Å². The summed E-state index contributed by atoms with van der Waals surface area (Å²) in [7, 11) is 0. The van der Waals surface area contributed by atoms with E-state index in [4.69, 9.17) is 26.0 Å². The van der Waals surface area contributed by atoms with Gasteiger partial charge in [-0.1, -0.05) is 0 Å². The Kier molecular flexibility index (Phi) is 5.29. The van der Waals surface area contributed by atoms with E-state index in [1.807, 2.05) is 0 Å². The second-order valence-electron chi connectivity index (χ2n) is 5.94. The van der Waals surface area contributed by atoms with Crippen LogP contribution < -0.4 is 11.5 Å². The second-order valence-corrected chi connectivity index (χ2v) is 5.94. The van der Waals surface area contributed by atoms with Gasteiger partial charge in [0, 0.05) is 6.61 Å². The minimum absolute atomic E-state index is 0.0369. The van der Waals surface area contributed by atoms with Crippen molar-refractivity contribution in [3.63, 3.8) is 0 Å². The molecule has 3 heterocycles. The molecule has 0 spiro atoms. The molecule has 1 aliphatic heterocycles. The Labute approximate surface area is 147 Å². The van der Waals surface area contributed by atoms with Gasteiger partial charge in [0.1, 0.15) is 36.2 Å². The van der Waals surface area contributed by atoms with Crippen LogP contribution in [0.15, 0.2) is 12.7 Å². The third kappa shape index (κ3) is 3.45. The number of hydrogen-bond donors (Lipinski definition) is 5. The fourth-order valence-electron chi connectivity index (χ4n) is 2.69. The molecule has 0 bridgehead atoms. The quantitative estimate of drug-likeness (QED) is 0.334. The third-order valence-corrected chi connectivity index (χ3v) is 4.17. The van der Waals surface area contributed by atoms with Gasteiger partial charge >= 0.3 is 5.97 Å². The lowest BCUT2D eigenvalue weighted by molar-refractivity contribution is -0.139. The van der Waals surface area contributed by atoms with Gasteiger partial charge in [0.2, 0.25) is 0 Å². The largest absolute Gasteiger partial charge is 0.480 e. The second kappa shape index (κ2) is 7.47. The van der Waals surface area contributed by atoms with Crippen molar-refractivity contribution >= 4 is 23.0 Å². The highest BCUT2D eigenvalue weighted by atomic mass is 16.6. The highest BCUT2D eigenvalue weighted by Crippen LogP contribution is 2.32. The standard InChI is InChI=1S/C14H20N6O6/c15-6(14(23)24)1-2-25-3-7-9(21)10(22)13(26-7)20-5-19-8-11(16)17-4-18-12(8)20/h4-7,9-10,13,21-22H,1-3,15H2,(H,23,24)(H2,16,17,18)/t6-,7-,9-,10-,13-/m1/s1. The smallest absolute Gasteiger partial charge is 0.320 e. The number of nitrogens with two attached hydrogens (primary N) is 2. The van der Waals surface area contributed by atoms with Crippen LogP contribution in [0.2, 0.25) is 0 Å². The number of imidazole rings is 1. The molecule has 0 saturated carbocycles. The summed E-state index contributed by atoms with van der Waals surface area (Å²) in [5, 5.41) is 29.2.